The molecule has 3 rings (SSSR count). The summed E-state index contributed by atoms with van der Waals surface area (Å²) < 4.78 is 11.6. The van der Waals surface area contributed by atoms with Crippen LogP contribution in [-0.2, 0) is 0 Å². The van der Waals surface area contributed by atoms with Gasteiger partial charge < -0.3 is 14.8 Å². The van der Waals surface area contributed by atoms with Gasteiger partial charge in [0.05, 0.1) is 6.04 Å². The average Bonchev–Trinajstić information content (AvgIpc) is 2.55. The lowest BCUT2D eigenvalue weighted by molar-refractivity contribution is 0.0606. The molecule has 2 atom stereocenters. The maximum absolute atomic E-state index is 12.1. The molecule has 108 valence electrons. The number of hydrogen-bond acceptors (Lipinski definition) is 3. The summed E-state index contributed by atoms with van der Waals surface area (Å²) in [6.45, 7) is 2.34. The fourth-order valence-corrected chi connectivity index (χ4v) is 2.25. The number of nitrogens with one attached hydrogen (secondary N) is 1. The van der Waals surface area contributed by atoms with Gasteiger partial charge in [0.1, 0.15) is 6.61 Å². The maximum atomic E-state index is 12.1. The molecular formula is C17H17NO3. The molecule has 0 aliphatic carbocycles. The van der Waals surface area contributed by atoms with E-state index in [-0.39, 0.29) is 18.1 Å². The molecule has 2 aromatic rings. The van der Waals surface area contributed by atoms with E-state index in [1.54, 1.807) is 12.1 Å². The minimum Gasteiger partial charge on any atom is -0.486 e. The number of ether oxygens (including phenoxy) is 2. The number of fused-ring (bicyclic) bond motifs is 1. The summed E-state index contributed by atoms with van der Waals surface area (Å²) in [5.41, 5.74) is 0.640. The predicted octanol–water partition coefficient (Wildman–Crippen LogP) is 2.64. The van der Waals surface area contributed by atoms with Crippen molar-refractivity contribution in [3.05, 3.63) is 60.2 Å². The third-order valence-electron chi connectivity index (χ3n) is 3.48. The minimum atomic E-state index is -0.201. The number of hydrogen-bond donors (Lipinski definition) is 1. The van der Waals surface area contributed by atoms with Crippen LogP contribution < -0.4 is 14.8 Å². The van der Waals surface area contributed by atoms with E-state index in [0.717, 1.165) is 11.5 Å². The van der Waals surface area contributed by atoms with E-state index in [1.807, 2.05) is 49.4 Å². The Kier molecular flexibility index (Phi) is 3.77. The number of para-hydroxylation sites is 2. The molecule has 0 fully saturated rings. The van der Waals surface area contributed by atoms with E-state index >= 15 is 0 Å². The van der Waals surface area contributed by atoms with Crippen LogP contribution in [0.25, 0.3) is 0 Å². The van der Waals surface area contributed by atoms with Gasteiger partial charge in [-0.3, -0.25) is 4.79 Å². The van der Waals surface area contributed by atoms with Crippen LogP contribution in [0.1, 0.15) is 17.3 Å². The molecule has 1 amide bonds. The van der Waals surface area contributed by atoms with Gasteiger partial charge in [0, 0.05) is 5.56 Å². The zero-order valence-corrected chi connectivity index (χ0v) is 11.8. The molecule has 0 unspecified atom stereocenters. The van der Waals surface area contributed by atoms with Gasteiger partial charge in [0.25, 0.3) is 5.91 Å². The Labute approximate surface area is 123 Å². The number of carbonyl (C=O) groups is 1. The van der Waals surface area contributed by atoms with Gasteiger partial charge in [0.15, 0.2) is 17.6 Å². The second-order valence-electron chi connectivity index (χ2n) is 5.04. The van der Waals surface area contributed by atoms with E-state index in [2.05, 4.69) is 5.32 Å². The van der Waals surface area contributed by atoms with Crippen LogP contribution in [0.4, 0.5) is 0 Å². The Hall–Kier alpha value is -2.49. The van der Waals surface area contributed by atoms with Crippen LogP contribution >= 0.6 is 0 Å². The van der Waals surface area contributed by atoms with E-state index < -0.39 is 0 Å². The van der Waals surface area contributed by atoms with Crippen molar-refractivity contribution < 1.29 is 14.3 Å². The SMILES string of the molecule is C[C@@H](NC(=O)c1ccccc1)[C@@H]1COc2ccccc2O1. The quantitative estimate of drug-likeness (QED) is 0.942. The number of amides is 1. The Morgan fingerprint density at radius 2 is 1.76 bits per heavy atom. The highest BCUT2D eigenvalue weighted by Gasteiger charge is 2.27. The van der Waals surface area contributed by atoms with Crippen LogP contribution in [0.3, 0.4) is 0 Å². The molecule has 0 saturated carbocycles. The maximum Gasteiger partial charge on any atom is 0.251 e. The largest absolute Gasteiger partial charge is 0.486 e. The molecule has 0 aromatic heterocycles. The van der Waals surface area contributed by atoms with Gasteiger partial charge in [-0.25, -0.2) is 0 Å². The summed E-state index contributed by atoms with van der Waals surface area (Å²) in [7, 11) is 0. The van der Waals surface area contributed by atoms with Crippen molar-refractivity contribution in [2.45, 2.75) is 19.1 Å². The second kappa shape index (κ2) is 5.87. The van der Waals surface area contributed by atoms with Gasteiger partial charge >= 0.3 is 0 Å². The summed E-state index contributed by atoms with van der Waals surface area (Å²) in [6.07, 6.45) is -0.201. The average molecular weight is 283 g/mol. The lowest BCUT2D eigenvalue weighted by atomic mass is 10.1. The van der Waals surface area contributed by atoms with Crippen LogP contribution in [-0.4, -0.2) is 24.7 Å². The Bertz CT molecular complexity index is 627. The molecule has 4 nitrogen and oxygen atoms in total. The van der Waals surface area contributed by atoms with Crippen molar-refractivity contribution in [1.29, 1.82) is 0 Å². The van der Waals surface area contributed by atoms with Crippen LogP contribution in [0, 0.1) is 0 Å². The first-order valence-corrected chi connectivity index (χ1v) is 6.98. The third kappa shape index (κ3) is 2.99. The molecule has 2 aromatic carbocycles. The zero-order valence-electron chi connectivity index (χ0n) is 11.8. The summed E-state index contributed by atoms with van der Waals surface area (Å²) in [5, 5.41) is 2.95. The molecule has 0 bridgehead atoms. The fourth-order valence-electron chi connectivity index (χ4n) is 2.25. The number of carbonyl (C=O) groups excluding carboxylic acids is 1. The van der Waals surface area contributed by atoms with Crippen LogP contribution in [0.5, 0.6) is 11.5 Å². The van der Waals surface area contributed by atoms with E-state index in [0.29, 0.717) is 12.2 Å². The van der Waals surface area contributed by atoms with Crippen molar-refractivity contribution in [2.24, 2.45) is 0 Å². The van der Waals surface area contributed by atoms with Gasteiger partial charge in [0.2, 0.25) is 0 Å². The molecule has 1 aliphatic rings. The number of benzene rings is 2. The van der Waals surface area contributed by atoms with Crippen LogP contribution in [0.15, 0.2) is 54.6 Å². The highest BCUT2D eigenvalue weighted by molar-refractivity contribution is 5.94. The first-order valence-electron chi connectivity index (χ1n) is 6.98. The smallest absolute Gasteiger partial charge is 0.251 e. The first-order chi connectivity index (χ1) is 10.2. The molecule has 4 heteroatoms. The van der Waals surface area contributed by atoms with Crippen molar-refractivity contribution in [1.82, 2.24) is 5.32 Å². The van der Waals surface area contributed by atoms with E-state index in [4.69, 9.17) is 9.47 Å². The van der Waals surface area contributed by atoms with Crippen LogP contribution in [0.2, 0.25) is 0 Å². The minimum absolute atomic E-state index is 0.106. The molecule has 1 aliphatic heterocycles. The summed E-state index contributed by atoms with van der Waals surface area (Å²) in [4.78, 5) is 12.1. The molecule has 1 heterocycles. The lowest BCUT2D eigenvalue weighted by Gasteiger charge is -2.30. The van der Waals surface area contributed by atoms with Gasteiger partial charge in [-0.15, -0.1) is 0 Å². The standard InChI is InChI=1S/C17H17NO3/c1-12(18-17(19)13-7-3-2-4-8-13)16-11-20-14-9-5-6-10-15(14)21-16/h2-10,12,16H,11H2,1H3,(H,18,19)/t12-,16+/m1/s1. The predicted molar refractivity (Wildman–Crippen MR) is 79.7 cm³/mol. The zero-order chi connectivity index (χ0) is 14.7. The van der Waals surface area contributed by atoms with E-state index in [1.165, 1.54) is 0 Å². The van der Waals surface area contributed by atoms with E-state index in [9.17, 15) is 4.79 Å². The fraction of sp³-hybridized carbons (Fsp3) is 0.235. The Morgan fingerprint density at radius 3 is 2.52 bits per heavy atom. The summed E-state index contributed by atoms with van der Waals surface area (Å²) >= 11 is 0. The summed E-state index contributed by atoms with van der Waals surface area (Å²) in [6, 6.07) is 16.5. The van der Waals surface area contributed by atoms with Gasteiger partial charge in [-0.1, -0.05) is 30.3 Å². The Morgan fingerprint density at radius 1 is 1.10 bits per heavy atom. The normalized spacial score (nSPS) is 17.9. The van der Waals surface area contributed by atoms with Crippen molar-refractivity contribution in [2.75, 3.05) is 6.61 Å². The number of rotatable bonds is 3. The van der Waals surface area contributed by atoms with Crippen molar-refractivity contribution >= 4 is 5.91 Å². The Balaban J connectivity index is 1.64. The monoisotopic (exact) mass is 283 g/mol. The second-order valence-corrected chi connectivity index (χ2v) is 5.04. The molecule has 0 radical (unpaired) electrons. The third-order valence-corrected chi connectivity index (χ3v) is 3.48. The highest BCUT2D eigenvalue weighted by Crippen LogP contribution is 2.31. The lowest BCUT2D eigenvalue weighted by Crippen LogP contribution is -2.48. The van der Waals surface area contributed by atoms with Gasteiger partial charge in [-0.05, 0) is 31.2 Å². The first kappa shape index (κ1) is 13.5. The topological polar surface area (TPSA) is 47.6 Å². The highest BCUT2D eigenvalue weighted by atomic mass is 16.6. The van der Waals surface area contributed by atoms with Crippen molar-refractivity contribution in [3.63, 3.8) is 0 Å². The van der Waals surface area contributed by atoms with Crippen molar-refractivity contribution in [3.8, 4) is 11.5 Å². The molecule has 0 spiro atoms. The summed E-state index contributed by atoms with van der Waals surface area (Å²) in [5.74, 6) is 1.36. The molecule has 0 saturated heterocycles. The molecular weight excluding hydrogens is 266 g/mol. The molecule has 1 N–H and O–H groups in total. The molecule has 21 heavy (non-hydrogen) atoms. The van der Waals surface area contributed by atoms with Gasteiger partial charge in [-0.2, -0.15) is 0 Å².